The number of nitrogens with zero attached hydrogens (tertiary/aromatic N) is 2. The largest absolute Gasteiger partial charge is 0.484 e. The molecule has 1 N–H and O–H groups in total. The van der Waals surface area contributed by atoms with Gasteiger partial charge in [-0.05, 0) is 17.7 Å². The summed E-state index contributed by atoms with van der Waals surface area (Å²) in [6.07, 6.45) is -1.32. The second-order valence-corrected chi connectivity index (χ2v) is 8.81. The van der Waals surface area contributed by atoms with E-state index in [4.69, 9.17) is 32.7 Å². The lowest BCUT2D eigenvalue weighted by molar-refractivity contribution is -0.170. The minimum Gasteiger partial charge on any atom is -0.484 e. The number of fused-ring (bicyclic) bond motifs is 1. The van der Waals surface area contributed by atoms with E-state index in [9.17, 15) is 19.2 Å². The van der Waals surface area contributed by atoms with Gasteiger partial charge >= 0.3 is 5.97 Å². The number of hydrogen-bond acceptors (Lipinski definition) is 6. The van der Waals surface area contributed by atoms with E-state index in [1.807, 2.05) is 12.1 Å². The molecular weight excluding hydrogens is 485 g/mol. The highest BCUT2D eigenvalue weighted by Crippen LogP contribution is 2.34. The van der Waals surface area contributed by atoms with Crippen LogP contribution in [0, 0.1) is 0 Å². The zero-order valence-electron chi connectivity index (χ0n) is 17.8. The number of para-hydroxylation sites is 1. The molecule has 2 saturated heterocycles. The van der Waals surface area contributed by atoms with E-state index in [0.29, 0.717) is 5.75 Å². The van der Waals surface area contributed by atoms with Gasteiger partial charge < -0.3 is 24.6 Å². The lowest BCUT2D eigenvalue weighted by Gasteiger charge is -2.43. The van der Waals surface area contributed by atoms with Crippen molar-refractivity contribution in [3.05, 3.63) is 66.2 Å². The zero-order valence-corrected chi connectivity index (χ0v) is 19.3. The van der Waals surface area contributed by atoms with Gasteiger partial charge in [-0.15, -0.1) is 0 Å². The molecule has 0 saturated carbocycles. The zero-order chi connectivity index (χ0) is 24.2. The summed E-state index contributed by atoms with van der Waals surface area (Å²) in [4.78, 5) is 51.5. The van der Waals surface area contributed by atoms with Crippen LogP contribution in [0.25, 0.3) is 0 Å². The van der Waals surface area contributed by atoms with Gasteiger partial charge in [0, 0.05) is 6.54 Å². The van der Waals surface area contributed by atoms with E-state index >= 15 is 0 Å². The summed E-state index contributed by atoms with van der Waals surface area (Å²) in [6.45, 7) is -0.361. The van der Waals surface area contributed by atoms with Crippen molar-refractivity contribution in [2.24, 2.45) is 0 Å². The summed E-state index contributed by atoms with van der Waals surface area (Å²) in [7, 11) is 0. The molecule has 2 heterocycles. The number of ether oxygens (including phenoxy) is 2. The molecule has 34 heavy (non-hydrogen) atoms. The Balaban J connectivity index is 1.41. The highest BCUT2D eigenvalue weighted by Gasteiger charge is 2.61. The number of benzene rings is 2. The maximum Gasteiger partial charge on any atom is 0.350 e. The molecule has 2 aromatic rings. The fourth-order valence-electron chi connectivity index (χ4n) is 3.93. The monoisotopic (exact) mass is 505 g/mol. The topological polar surface area (TPSA) is 105 Å². The Labute approximate surface area is 205 Å². The number of halogens is 2. The van der Waals surface area contributed by atoms with Crippen molar-refractivity contribution in [2.75, 3.05) is 13.2 Å². The van der Waals surface area contributed by atoms with E-state index in [-0.39, 0.29) is 19.8 Å². The summed E-state index contributed by atoms with van der Waals surface area (Å²) in [6, 6.07) is 16.2. The second-order valence-electron chi connectivity index (χ2n) is 7.72. The van der Waals surface area contributed by atoms with E-state index in [1.165, 1.54) is 4.90 Å². The van der Waals surface area contributed by atoms with Gasteiger partial charge in [0.05, 0.1) is 6.04 Å². The van der Waals surface area contributed by atoms with Crippen LogP contribution in [0.1, 0.15) is 5.56 Å². The summed E-state index contributed by atoms with van der Waals surface area (Å²) in [5.74, 6) is -2.05. The van der Waals surface area contributed by atoms with Crippen LogP contribution in [0.4, 0.5) is 0 Å². The number of amides is 3. The molecule has 3 atom stereocenters. The first kappa shape index (κ1) is 23.8. The number of esters is 1. The number of carbonyl (C=O) groups excluding carboxylic acids is 4. The standard InChI is InChI=1S/C23H21Cl2N3O6/c24-19(25)22(31)27-11-16-18(26-17(29)13-33-15-9-5-2-6-10-15)21(30)28(16)20(27)23(32)34-12-14-7-3-1-4-8-14/h1-10,16,18-20H,11-13H2,(H,26,29)/t16?,18-,20?/m1/s1. The predicted molar refractivity (Wildman–Crippen MR) is 122 cm³/mol. The molecule has 0 radical (unpaired) electrons. The van der Waals surface area contributed by atoms with Gasteiger partial charge in [-0.2, -0.15) is 0 Å². The molecule has 2 aromatic carbocycles. The van der Waals surface area contributed by atoms with Crippen LogP contribution >= 0.6 is 23.2 Å². The third-order valence-electron chi connectivity index (χ3n) is 5.54. The minimum absolute atomic E-state index is 0.0316. The molecule has 11 heteroatoms. The van der Waals surface area contributed by atoms with Gasteiger partial charge in [0.2, 0.25) is 12.1 Å². The lowest BCUT2D eigenvalue weighted by Crippen LogP contribution is -2.71. The predicted octanol–water partition coefficient (Wildman–Crippen LogP) is 1.48. The third-order valence-corrected chi connectivity index (χ3v) is 5.91. The van der Waals surface area contributed by atoms with Gasteiger partial charge in [-0.1, -0.05) is 71.7 Å². The molecule has 4 rings (SSSR count). The van der Waals surface area contributed by atoms with Gasteiger partial charge in [-0.3, -0.25) is 14.4 Å². The molecule has 0 aromatic heterocycles. The molecule has 0 spiro atoms. The van der Waals surface area contributed by atoms with Crippen molar-refractivity contribution < 1.29 is 28.7 Å². The Hall–Kier alpha value is -3.30. The number of β-lactam (4-membered cyclic amide) rings is 1. The van der Waals surface area contributed by atoms with Gasteiger partial charge in [0.15, 0.2) is 11.4 Å². The normalized spacial score (nSPS) is 21.0. The molecule has 0 aliphatic carbocycles. The Morgan fingerprint density at radius 2 is 1.68 bits per heavy atom. The average molecular weight is 506 g/mol. The quantitative estimate of drug-likeness (QED) is 0.331. The minimum atomic E-state index is -1.43. The first-order valence-corrected chi connectivity index (χ1v) is 11.3. The number of nitrogens with one attached hydrogen (secondary N) is 1. The van der Waals surface area contributed by atoms with Gasteiger partial charge in [0.25, 0.3) is 11.8 Å². The number of rotatable bonds is 8. The van der Waals surface area contributed by atoms with Crippen molar-refractivity contribution in [3.8, 4) is 5.75 Å². The first-order chi connectivity index (χ1) is 16.4. The van der Waals surface area contributed by atoms with Crippen molar-refractivity contribution >= 4 is 46.9 Å². The SMILES string of the molecule is O=C(COc1ccccc1)N[C@H]1C(=O)N2C1CN(C(=O)C(Cl)Cl)C2C(=O)OCc1ccccc1. The molecule has 3 amide bonds. The Kier molecular flexibility index (Phi) is 7.23. The van der Waals surface area contributed by atoms with Crippen molar-refractivity contribution in [1.82, 2.24) is 15.1 Å². The van der Waals surface area contributed by atoms with E-state index in [1.54, 1.807) is 48.5 Å². The smallest absolute Gasteiger partial charge is 0.350 e. The Bertz CT molecular complexity index is 1070. The molecule has 178 valence electrons. The van der Waals surface area contributed by atoms with Crippen LogP contribution < -0.4 is 10.1 Å². The number of alkyl halides is 2. The summed E-state index contributed by atoms with van der Waals surface area (Å²) in [5, 5.41) is 2.60. The molecule has 2 aliphatic rings. The lowest BCUT2D eigenvalue weighted by atomic mass is 9.96. The fourth-order valence-corrected chi connectivity index (χ4v) is 4.18. The van der Waals surface area contributed by atoms with Crippen molar-refractivity contribution in [2.45, 2.75) is 29.7 Å². The second kappa shape index (κ2) is 10.3. The molecule has 9 nitrogen and oxygen atoms in total. The number of hydrogen-bond donors (Lipinski definition) is 1. The summed E-state index contributed by atoms with van der Waals surface area (Å²) >= 11 is 11.5. The molecular formula is C23H21Cl2N3O6. The fraction of sp³-hybridized carbons (Fsp3) is 0.304. The van der Waals surface area contributed by atoms with Crippen LogP contribution in [0.2, 0.25) is 0 Å². The van der Waals surface area contributed by atoms with E-state index < -0.39 is 46.8 Å². The maximum atomic E-state index is 12.9. The van der Waals surface area contributed by atoms with Crippen LogP contribution in [0.3, 0.4) is 0 Å². The average Bonchev–Trinajstić information content (AvgIpc) is 3.21. The molecule has 2 unspecified atom stereocenters. The highest BCUT2D eigenvalue weighted by molar-refractivity contribution is 6.53. The van der Waals surface area contributed by atoms with Crippen molar-refractivity contribution in [3.63, 3.8) is 0 Å². The van der Waals surface area contributed by atoms with Crippen LogP contribution in [0.15, 0.2) is 60.7 Å². The Morgan fingerprint density at radius 3 is 2.32 bits per heavy atom. The first-order valence-electron chi connectivity index (χ1n) is 10.5. The highest BCUT2D eigenvalue weighted by atomic mass is 35.5. The molecule has 2 fully saturated rings. The Morgan fingerprint density at radius 1 is 1.03 bits per heavy atom. The van der Waals surface area contributed by atoms with Crippen LogP contribution in [-0.4, -0.2) is 69.7 Å². The van der Waals surface area contributed by atoms with E-state index in [2.05, 4.69) is 5.32 Å². The van der Waals surface area contributed by atoms with E-state index in [0.717, 1.165) is 10.5 Å². The molecule has 0 bridgehead atoms. The van der Waals surface area contributed by atoms with Gasteiger partial charge in [-0.25, -0.2) is 4.79 Å². The number of carbonyl (C=O) groups is 4. The third kappa shape index (κ3) is 4.95. The van der Waals surface area contributed by atoms with Crippen LogP contribution in [0.5, 0.6) is 5.75 Å². The van der Waals surface area contributed by atoms with Gasteiger partial charge in [0.1, 0.15) is 18.4 Å². The maximum absolute atomic E-state index is 12.9. The summed E-state index contributed by atoms with van der Waals surface area (Å²) in [5.41, 5.74) is 0.745. The van der Waals surface area contributed by atoms with Crippen molar-refractivity contribution in [1.29, 1.82) is 0 Å². The molecule has 2 aliphatic heterocycles. The van der Waals surface area contributed by atoms with Crippen LogP contribution in [-0.2, 0) is 30.5 Å². The summed E-state index contributed by atoms with van der Waals surface area (Å²) < 4.78 is 10.8.